The molecule has 210 valence electrons. The Bertz CT molecular complexity index is 1380. The first-order chi connectivity index (χ1) is 18.5. The van der Waals surface area contributed by atoms with Crippen molar-refractivity contribution >= 4 is 33.5 Å². The number of H-pyrrole nitrogens is 1. The van der Waals surface area contributed by atoms with E-state index in [-0.39, 0.29) is 17.2 Å². The van der Waals surface area contributed by atoms with Gasteiger partial charge in [-0.2, -0.15) is 13.2 Å². The molecule has 1 fully saturated rings. The molecule has 0 saturated carbocycles. The Labute approximate surface area is 229 Å². The second-order valence-electron chi connectivity index (χ2n) is 8.40. The summed E-state index contributed by atoms with van der Waals surface area (Å²) in [4.78, 5) is 50.8. The van der Waals surface area contributed by atoms with Crippen LogP contribution in [0.4, 0.5) is 13.2 Å². The summed E-state index contributed by atoms with van der Waals surface area (Å²) in [6.45, 7) is 3.16. The molecule has 0 spiro atoms. The van der Waals surface area contributed by atoms with Crippen molar-refractivity contribution in [3.8, 4) is 11.8 Å². The Morgan fingerprint density at radius 2 is 2.03 bits per heavy atom. The van der Waals surface area contributed by atoms with Crippen LogP contribution < -0.4 is 16.6 Å². The van der Waals surface area contributed by atoms with Crippen molar-refractivity contribution in [2.24, 2.45) is 0 Å². The van der Waals surface area contributed by atoms with Gasteiger partial charge >= 0.3 is 23.7 Å². The number of alkyl halides is 3. The van der Waals surface area contributed by atoms with Crippen LogP contribution in [0.3, 0.4) is 0 Å². The van der Waals surface area contributed by atoms with Crippen LogP contribution in [0, 0.1) is 11.8 Å². The van der Waals surface area contributed by atoms with Crippen molar-refractivity contribution < 1.29 is 32.2 Å². The maximum absolute atomic E-state index is 13.1. The zero-order valence-electron chi connectivity index (χ0n) is 21.2. The molecule has 1 saturated heterocycles. The van der Waals surface area contributed by atoms with Crippen LogP contribution in [0.2, 0.25) is 0 Å². The summed E-state index contributed by atoms with van der Waals surface area (Å²) in [7, 11) is 3.20. The summed E-state index contributed by atoms with van der Waals surface area (Å²) in [6, 6.07) is 7.16. The standard InChI is InChI=1S/C25H26F3N3O6S2/c1-4-18-19(37-22(33)17-10-6-5-9-16(17)14(2)39-38-3)12-20(36-18)31-13-15(21(32)30-24(31)35)8-7-11-29-23(34)25(26,27)28/h5-6,9-10,13-14,18-20H,4,11-12H2,1-3H3,(H,29,34)(H,30,32,35)/t14?,18-,19?,20-/m1/s1. The summed E-state index contributed by atoms with van der Waals surface area (Å²) >= 11 is 0. The molecule has 2 unspecified atom stereocenters. The van der Waals surface area contributed by atoms with Crippen LogP contribution in [-0.4, -0.2) is 52.6 Å². The lowest BCUT2D eigenvalue weighted by Gasteiger charge is -2.19. The van der Waals surface area contributed by atoms with Gasteiger partial charge in [0.2, 0.25) is 0 Å². The predicted molar refractivity (Wildman–Crippen MR) is 141 cm³/mol. The lowest BCUT2D eigenvalue weighted by molar-refractivity contribution is -0.173. The molecular weight excluding hydrogens is 559 g/mol. The first-order valence-electron chi connectivity index (χ1n) is 11.8. The van der Waals surface area contributed by atoms with Crippen molar-refractivity contribution in [3.63, 3.8) is 0 Å². The molecule has 1 aromatic heterocycles. The quantitative estimate of drug-likeness (QED) is 0.274. The van der Waals surface area contributed by atoms with Gasteiger partial charge in [-0.1, -0.05) is 58.6 Å². The van der Waals surface area contributed by atoms with E-state index < -0.39 is 54.3 Å². The highest BCUT2D eigenvalue weighted by Crippen LogP contribution is 2.38. The number of rotatable bonds is 8. The highest BCUT2D eigenvalue weighted by atomic mass is 33.1. The summed E-state index contributed by atoms with van der Waals surface area (Å²) in [5.41, 5.74) is -0.607. The first kappa shape index (κ1) is 30.4. The van der Waals surface area contributed by atoms with Crippen LogP contribution >= 0.6 is 21.6 Å². The van der Waals surface area contributed by atoms with Gasteiger partial charge in [-0.25, -0.2) is 9.59 Å². The van der Waals surface area contributed by atoms with Crippen LogP contribution in [0.25, 0.3) is 0 Å². The molecule has 2 heterocycles. The maximum atomic E-state index is 13.1. The van der Waals surface area contributed by atoms with Gasteiger partial charge in [-0.05, 0) is 31.2 Å². The van der Waals surface area contributed by atoms with Crippen LogP contribution in [-0.2, 0) is 14.3 Å². The molecule has 0 radical (unpaired) electrons. The number of nitrogens with zero attached hydrogens (tertiary/aromatic N) is 1. The second-order valence-corrected chi connectivity index (χ2v) is 11.2. The summed E-state index contributed by atoms with van der Waals surface area (Å²) in [6.07, 6.45) is -3.52. The van der Waals surface area contributed by atoms with E-state index in [1.54, 1.807) is 39.0 Å². The molecule has 39 heavy (non-hydrogen) atoms. The number of carbonyl (C=O) groups excluding carboxylic acids is 2. The second kappa shape index (κ2) is 13.3. The number of carbonyl (C=O) groups is 2. The van der Waals surface area contributed by atoms with Gasteiger partial charge in [0.1, 0.15) is 17.9 Å². The Kier molecular flexibility index (Phi) is 10.3. The number of esters is 1. The highest BCUT2D eigenvalue weighted by molar-refractivity contribution is 8.76. The number of hydrogen-bond acceptors (Lipinski definition) is 8. The normalized spacial score (nSPS) is 19.6. The van der Waals surface area contributed by atoms with Crippen LogP contribution in [0.15, 0.2) is 40.1 Å². The third-order valence-corrected chi connectivity index (χ3v) is 7.97. The van der Waals surface area contributed by atoms with Crippen molar-refractivity contribution in [1.82, 2.24) is 14.9 Å². The minimum atomic E-state index is -5.06. The topological polar surface area (TPSA) is 119 Å². The highest BCUT2D eigenvalue weighted by Gasteiger charge is 2.39. The predicted octanol–water partition coefficient (Wildman–Crippen LogP) is 3.56. The molecule has 2 aromatic rings. The third-order valence-electron chi connectivity index (χ3n) is 5.80. The van der Waals surface area contributed by atoms with Gasteiger partial charge in [0.25, 0.3) is 5.56 Å². The zero-order valence-corrected chi connectivity index (χ0v) is 22.8. The van der Waals surface area contributed by atoms with Crippen molar-refractivity contribution in [2.45, 2.75) is 56.6 Å². The number of hydrogen-bond donors (Lipinski definition) is 2. The summed E-state index contributed by atoms with van der Waals surface area (Å²) in [5, 5.41) is 1.61. The van der Waals surface area contributed by atoms with Gasteiger partial charge in [0.15, 0.2) is 0 Å². The van der Waals surface area contributed by atoms with Crippen molar-refractivity contribution in [1.29, 1.82) is 0 Å². The number of halogens is 3. The Hall–Kier alpha value is -3.15. The summed E-state index contributed by atoms with van der Waals surface area (Å²) in [5.74, 6) is 1.91. The molecule has 1 aliphatic heterocycles. The molecule has 4 atom stereocenters. The number of aromatic nitrogens is 2. The lowest BCUT2D eigenvalue weighted by Crippen LogP contribution is -2.37. The van der Waals surface area contributed by atoms with Gasteiger partial charge in [-0.3, -0.25) is 19.1 Å². The molecule has 9 nitrogen and oxygen atoms in total. The fourth-order valence-corrected chi connectivity index (χ4v) is 5.72. The molecule has 3 rings (SSSR count). The molecule has 2 N–H and O–H groups in total. The van der Waals surface area contributed by atoms with E-state index in [0.29, 0.717) is 12.0 Å². The number of benzene rings is 1. The van der Waals surface area contributed by atoms with Gasteiger partial charge < -0.3 is 14.8 Å². The Balaban J connectivity index is 1.77. The Morgan fingerprint density at radius 3 is 2.69 bits per heavy atom. The minimum absolute atomic E-state index is 0.0410. The van der Waals surface area contributed by atoms with E-state index in [9.17, 15) is 32.3 Å². The van der Waals surface area contributed by atoms with Crippen molar-refractivity contribution in [3.05, 3.63) is 68.0 Å². The molecule has 0 aliphatic carbocycles. The minimum Gasteiger partial charge on any atom is -0.456 e. The molecule has 1 aliphatic rings. The Morgan fingerprint density at radius 1 is 1.31 bits per heavy atom. The van der Waals surface area contributed by atoms with Crippen molar-refractivity contribution in [2.75, 3.05) is 12.8 Å². The average molecular weight is 586 g/mol. The smallest absolute Gasteiger partial charge is 0.456 e. The summed E-state index contributed by atoms with van der Waals surface area (Å²) < 4.78 is 49.7. The van der Waals surface area contributed by atoms with Gasteiger partial charge in [0, 0.05) is 17.9 Å². The largest absolute Gasteiger partial charge is 0.471 e. The lowest BCUT2D eigenvalue weighted by atomic mass is 10.0. The number of aromatic amines is 1. The third kappa shape index (κ3) is 7.71. The number of amides is 1. The first-order valence-corrected chi connectivity index (χ1v) is 14.4. The van der Waals surface area contributed by atoms with Crippen LogP contribution in [0.1, 0.15) is 59.7 Å². The fraction of sp³-hybridized carbons (Fsp3) is 0.440. The SMILES string of the molecule is CC[C@H]1O[C@@H](n2cc(C#CCNC(=O)C(F)(F)F)c(=O)[nH]c2=O)CC1OC(=O)c1ccccc1C(C)SSC. The van der Waals surface area contributed by atoms with Crippen LogP contribution in [0.5, 0.6) is 0 Å². The fourth-order valence-electron chi connectivity index (χ4n) is 3.94. The average Bonchev–Trinajstić information content (AvgIpc) is 3.29. The van der Waals surface area contributed by atoms with E-state index in [2.05, 4.69) is 16.8 Å². The molecule has 1 aromatic carbocycles. The van der Waals surface area contributed by atoms with E-state index in [4.69, 9.17) is 9.47 Å². The van der Waals surface area contributed by atoms with E-state index >= 15 is 0 Å². The van der Waals surface area contributed by atoms with E-state index in [1.807, 2.05) is 32.2 Å². The molecule has 1 amide bonds. The maximum Gasteiger partial charge on any atom is 0.471 e. The van der Waals surface area contributed by atoms with Gasteiger partial charge in [0.05, 0.1) is 18.2 Å². The van der Waals surface area contributed by atoms with Gasteiger partial charge in [-0.15, -0.1) is 0 Å². The molecule has 0 bridgehead atoms. The zero-order chi connectivity index (χ0) is 28.7. The van der Waals surface area contributed by atoms with E-state index in [1.165, 1.54) is 0 Å². The molecule has 14 heteroatoms. The van der Waals surface area contributed by atoms with E-state index in [0.717, 1.165) is 16.3 Å². The monoisotopic (exact) mass is 585 g/mol. The molecular formula is C25H26F3N3O6S2. The number of ether oxygens (including phenoxy) is 2. The number of nitrogens with one attached hydrogen (secondary N) is 2.